The Hall–Kier alpha value is -0.890. The summed E-state index contributed by atoms with van der Waals surface area (Å²) in [6, 6.07) is 4.20. The quantitative estimate of drug-likeness (QED) is 0.866. The molecule has 0 aromatic carbocycles. The van der Waals surface area contributed by atoms with Crippen molar-refractivity contribution < 1.29 is 5.11 Å². The smallest absolute Gasteiger partial charge is 0.0652 e. The Kier molecular flexibility index (Phi) is 4.95. The van der Waals surface area contributed by atoms with Gasteiger partial charge in [0, 0.05) is 17.8 Å². The molecule has 2 aliphatic rings. The van der Waals surface area contributed by atoms with E-state index in [2.05, 4.69) is 18.0 Å². The first kappa shape index (κ1) is 15.0. The second-order valence-electron chi connectivity index (χ2n) is 7.11. The van der Waals surface area contributed by atoms with Gasteiger partial charge >= 0.3 is 0 Å². The largest absolute Gasteiger partial charge is 0.392 e. The molecule has 2 aliphatic carbocycles. The average Bonchev–Trinajstić information content (AvgIpc) is 2.97. The molecule has 1 aromatic rings. The summed E-state index contributed by atoms with van der Waals surface area (Å²) in [4.78, 5) is 4.55. The van der Waals surface area contributed by atoms with Gasteiger partial charge in [0.2, 0.25) is 0 Å². The van der Waals surface area contributed by atoms with Crippen LogP contribution in [0.15, 0.2) is 18.3 Å². The van der Waals surface area contributed by atoms with E-state index in [-0.39, 0.29) is 6.10 Å². The van der Waals surface area contributed by atoms with E-state index in [1.807, 2.05) is 12.3 Å². The van der Waals surface area contributed by atoms with Crippen LogP contribution in [-0.2, 0) is 6.42 Å². The van der Waals surface area contributed by atoms with Crippen molar-refractivity contribution in [2.75, 3.05) is 0 Å². The van der Waals surface area contributed by atoms with Gasteiger partial charge in [-0.1, -0.05) is 45.1 Å². The fourth-order valence-corrected chi connectivity index (χ4v) is 4.42. The Labute approximate surface area is 129 Å². The molecule has 1 N–H and O–H groups in total. The van der Waals surface area contributed by atoms with Crippen molar-refractivity contribution in [3.05, 3.63) is 29.6 Å². The molecule has 0 aliphatic heterocycles. The number of rotatable bonds is 5. The van der Waals surface area contributed by atoms with Crippen molar-refractivity contribution >= 4 is 0 Å². The lowest BCUT2D eigenvalue weighted by molar-refractivity contribution is 0.0494. The second kappa shape index (κ2) is 6.91. The summed E-state index contributed by atoms with van der Waals surface area (Å²) in [6.07, 6.45) is 13.0. The van der Waals surface area contributed by atoms with Gasteiger partial charge in [0.05, 0.1) is 6.10 Å². The van der Waals surface area contributed by atoms with Crippen molar-refractivity contribution in [3.63, 3.8) is 0 Å². The van der Waals surface area contributed by atoms with E-state index in [0.29, 0.717) is 11.8 Å². The van der Waals surface area contributed by atoms with Crippen LogP contribution in [0.4, 0.5) is 0 Å². The zero-order valence-electron chi connectivity index (χ0n) is 13.3. The third-order valence-corrected chi connectivity index (χ3v) is 5.75. The highest BCUT2D eigenvalue weighted by Gasteiger charge is 2.36. The lowest BCUT2D eigenvalue weighted by Crippen LogP contribution is -2.30. The van der Waals surface area contributed by atoms with Crippen molar-refractivity contribution in [2.24, 2.45) is 11.8 Å². The van der Waals surface area contributed by atoms with Crippen LogP contribution in [0.3, 0.4) is 0 Å². The van der Waals surface area contributed by atoms with E-state index in [1.54, 1.807) is 0 Å². The van der Waals surface area contributed by atoms with E-state index >= 15 is 0 Å². The Morgan fingerprint density at radius 1 is 1.24 bits per heavy atom. The SMILES string of the molecule is CCCCC1CCC(C(O)C2CCc3cccnc32)CC1. The molecule has 0 bridgehead atoms. The van der Waals surface area contributed by atoms with Crippen LogP contribution < -0.4 is 0 Å². The van der Waals surface area contributed by atoms with Gasteiger partial charge in [0.25, 0.3) is 0 Å². The summed E-state index contributed by atoms with van der Waals surface area (Å²) in [5.41, 5.74) is 2.54. The van der Waals surface area contributed by atoms with Crippen LogP contribution >= 0.6 is 0 Å². The Morgan fingerprint density at radius 2 is 2.05 bits per heavy atom. The van der Waals surface area contributed by atoms with Crippen LogP contribution in [0.5, 0.6) is 0 Å². The van der Waals surface area contributed by atoms with E-state index in [9.17, 15) is 5.11 Å². The Bertz CT molecular complexity index is 451. The first-order valence-corrected chi connectivity index (χ1v) is 8.91. The Morgan fingerprint density at radius 3 is 2.81 bits per heavy atom. The predicted octanol–water partition coefficient (Wildman–Crippen LogP) is 4.47. The van der Waals surface area contributed by atoms with Crippen molar-refractivity contribution in [1.29, 1.82) is 0 Å². The molecule has 1 saturated carbocycles. The summed E-state index contributed by atoms with van der Waals surface area (Å²) in [5, 5.41) is 10.8. The lowest BCUT2D eigenvalue weighted by Gasteiger charge is -2.34. The Balaban J connectivity index is 1.57. The molecule has 2 heteroatoms. The molecule has 0 amide bonds. The molecule has 2 nitrogen and oxygen atoms in total. The van der Waals surface area contributed by atoms with Crippen LogP contribution in [0.2, 0.25) is 0 Å². The van der Waals surface area contributed by atoms with Crippen molar-refractivity contribution in [3.8, 4) is 0 Å². The minimum absolute atomic E-state index is 0.173. The second-order valence-corrected chi connectivity index (χ2v) is 7.11. The number of aromatic nitrogens is 1. The van der Waals surface area contributed by atoms with Gasteiger partial charge in [0.1, 0.15) is 0 Å². The number of hydrogen-bond donors (Lipinski definition) is 1. The monoisotopic (exact) mass is 287 g/mol. The number of pyridine rings is 1. The van der Waals surface area contributed by atoms with Gasteiger partial charge < -0.3 is 5.11 Å². The lowest BCUT2D eigenvalue weighted by atomic mass is 9.74. The molecule has 21 heavy (non-hydrogen) atoms. The maximum absolute atomic E-state index is 10.8. The highest BCUT2D eigenvalue weighted by Crippen LogP contribution is 2.41. The first-order chi connectivity index (χ1) is 10.3. The molecular weight excluding hydrogens is 258 g/mol. The van der Waals surface area contributed by atoms with Crippen LogP contribution in [0, 0.1) is 11.8 Å². The normalized spacial score (nSPS) is 30.1. The van der Waals surface area contributed by atoms with Crippen molar-refractivity contribution in [2.45, 2.75) is 76.7 Å². The first-order valence-electron chi connectivity index (χ1n) is 8.91. The zero-order chi connectivity index (χ0) is 14.7. The molecule has 1 heterocycles. The predicted molar refractivity (Wildman–Crippen MR) is 86.3 cm³/mol. The standard InChI is InChI=1S/C19H29NO/c1-2-3-5-14-7-9-16(10-8-14)19(21)17-12-11-15-6-4-13-20-18(15)17/h4,6,13-14,16-17,19,21H,2-3,5,7-12H2,1H3. The number of aliphatic hydroxyl groups excluding tert-OH is 1. The molecule has 2 unspecified atom stereocenters. The minimum Gasteiger partial charge on any atom is -0.392 e. The van der Waals surface area contributed by atoms with Crippen LogP contribution in [0.1, 0.15) is 75.5 Å². The van der Waals surface area contributed by atoms with Crippen molar-refractivity contribution in [1.82, 2.24) is 4.98 Å². The summed E-state index contributed by atoms with van der Waals surface area (Å²) >= 11 is 0. The summed E-state index contributed by atoms with van der Waals surface area (Å²) in [5.74, 6) is 1.71. The van der Waals surface area contributed by atoms with E-state index in [4.69, 9.17) is 0 Å². The summed E-state index contributed by atoms with van der Waals surface area (Å²) in [7, 11) is 0. The van der Waals surface area contributed by atoms with E-state index < -0.39 is 0 Å². The number of hydrogen-bond acceptors (Lipinski definition) is 2. The molecule has 1 aromatic heterocycles. The summed E-state index contributed by atoms with van der Waals surface area (Å²) < 4.78 is 0. The van der Waals surface area contributed by atoms with Gasteiger partial charge in [-0.15, -0.1) is 0 Å². The molecule has 0 saturated heterocycles. The molecular formula is C19H29NO. The molecule has 116 valence electrons. The molecule has 0 spiro atoms. The number of unbranched alkanes of at least 4 members (excludes halogenated alkanes) is 1. The molecule has 0 radical (unpaired) electrons. The fourth-order valence-electron chi connectivity index (χ4n) is 4.42. The topological polar surface area (TPSA) is 33.1 Å². The van der Waals surface area contributed by atoms with Gasteiger partial charge in [-0.25, -0.2) is 0 Å². The van der Waals surface area contributed by atoms with Gasteiger partial charge in [0.15, 0.2) is 0 Å². The van der Waals surface area contributed by atoms with E-state index in [1.165, 1.54) is 56.2 Å². The maximum atomic E-state index is 10.8. The maximum Gasteiger partial charge on any atom is 0.0652 e. The number of nitrogens with zero attached hydrogens (tertiary/aromatic N) is 1. The third kappa shape index (κ3) is 3.31. The molecule has 1 fully saturated rings. The van der Waals surface area contributed by atoms with Gasteiger partial charge in [-0.2, -0.15) is 0 Å². The van der Waals surface area contributed by atoms with Crippen LogP contribution in [-0.4, -0.2) is 16.2 Å². The van der Waals surface area contributed by atoms with Crippen LogP contribution in [0.25, 0.3) is 0 Å². The zero-order valence-corrected chi connectivity index (χ0v) is 13.3. The van der Waals surface area contributed by atoms with E-state index in [0.717, 1.165) is 18.8 Å². The number of fused-ring (bicyclic) bond motifs is 1. The van der Waals surface area contributed by atoms with Gasteiger partial charge in [-0.05, 0) is 49.1 Å². The average molecular weight is 287 g/mol. The fraction of sp³-hybridized carbons (Fsp3) is 0.737. The highest BCUT2D eigenvalue weighted by molar-refractivity contribution is 5.29. The molecule has 3 rings (SSSR count). The highest BCUT2D eigenvalue weighted by atomic mass is 16.3. The number of aliphatic hydroxyl groups is 1. The van der Waals surface area contributed by atoms with Gasteiger partial charge in [-0.3, -0.25) is 4.98 Å². The molecule has 2 atom stereocenters. The summed E-state index contributed by atoms with van der Waals surface area (Å²) in [6.45, 7) is 2.28. The third-order valence-electron chi connectivity index (χ3n) is 5.75. The number of aryl methyl sites for hydroxylation is 1. The minimum atomic E-state index is -0.173.